The largest absolute Gasteiger partial charge is 0.328 e. The lowest BCUT2D eigenvalue weighted by atomic mass is 10.1. The molecule has 4 rings (SSSR count). The van der Waals surface area contributed by atoms with Crippen molar-refractivity contribution in [2.45, 2.75) is 0 Å². The predicted molar refractivity (Wildman–Crippen MR) is 92.9 cm³/mol. The van der Waals surface area contributed by atoms with Gasteiger partial charge in [-0.05, 0) is 48.1 Å². The van der Waals surface area contributed by atoms with Gasteiger partial charge in [0, 0.05) is 5.69 Å². The molecule has 0 radical (unpaired) electrons. The van der Waals surface area contributed by atoms with Gasteiger partial charge in [0.25, 0.3) is 5.91 Å². The van der Waals surface area contributed by atoms with Crippen LogP contribution in [0.2, 0.25) is 0 Å². The number of aromatic nitrogens is 2. The van der Waals surface area contributed by atoms with Gasteiger partial charge in [0.15, 0.2) is 5.11 Å². The lowest BCUT2D eigenvalue weighted by molar-refractivity contribution is -0.115. The third-order valence-electron chi connectivity index (χ3n) is 3.66. The molecule has 0 aliphatic carbocycles. The van der Waals surface area contributed by atoms with Crippen molar-refractivity contribution < 1.29 is 4.79 Å². The Labute approximate surface area is 137 Å². The van der Waals surface area contributed by atoms with Gasteiger partial charge in [-0.3, -0.25) is 14.7 Å². The van der Waals surface area contributed by atoms with E-state index in [4.69, 9.17) is 12.2 Å². The molecular weight excluding hydrogens is 308 g/mol. The van der Waals surface area contributed by atoms with Crippen LogP contribution in [0.25, 0.3) is 22.8 Å². The summed E-state index contributed by atoms with van der Waals surface area (Å²) in [7, 11) is 0. The number of fused-ring (bicyclic) bond motifs is 1. The fourth-order valence-electron chi connectivity index (χ4n) is 2.55. The van der Waals surface area contributed by atoms with Crippen LogP contribution in [0.5, 0.6) is 0 Å². The number of rotatable bonds is 2. The SMILES string of the molecule is O=C1NC(=S)N/C1=C/c1ccc(-n2cnc3ccccc32)cc1. The maximum atomic E-state index is 11.6. The normalized spacial score (nSPS) is 15.9. The molecule has 0 spiro atoms. The summed E-state index contributed by atoms with van der Waals surface area (Å²) in [5.41, 5.74) is 4.40. The molecule has 0 atom stereocenters. The summed E-state index contributed by atoms with van der Waals surface area (Å²) < 4.78 is 2.03. The van der Waals surface area contributed by atoms with Gasteiger partial charge >= 0.3 is 0 Å². The topological polar surface area (TPSA) is 59.0 Å². The van der Waals surface area contributed by atoms with Gasteiger partial charge in [-0.25, -0.2) is 4.98 Å². The van der Waals surface area contributed by atoms with Crippen LogP contribution in [0, 0.1) is 0 Å². The minimum absolute atomic E-state index is 0.209. The van der Waals surface area contributed by atoms with Crippen molar-refractivity contribution >= 4 is 40.3 Å². The Morgan fingerprint density at radius 3 is 2.57 bits per heavy atom. The maximum absolute atomic E-state index is 11.6. The zero-order chi connectivity index (χ0) is 15.8. The smallest absolute Gasteiger partial charge is 0.273 e. The molecule has 2 N–H and O–H groups in total. The third kappa shape index (κ3) is 2.49. The van der Waals surface area contributed by atoms with Crippen molar-refractivity contribution in [1.29, 1.82) is 0 Å². The van der Waals surface area contributed by atoms with E-state index in [2.05, 4.69) is 15.6 Å². The van der Waals surface area contributed by atoms with E-state index < -0.39 is 0 Å². The number of hydrogen-bond donors (Lipinski definition) is 2. The van der Waals surface area contributed by atoms with Gasteiger partial charge in [-0.2, -0.15) is 0 Å². The highest BCUT2D eigenvalue weighted by Gasteiger charge is 2.19. The minimum atomic E-state index is -0.209. The Bertz CT molecular complexity index is 956. The first-order valence-corrected chi connectivity index (χ1v) is 7.48. The van der Waals surface area contributed by atoms with Crippen molar-refractivity contribution in [3.63, 3.8) is 0 Å². The number of para-hydroxylation sites is 2. The lowest BCUT2D eigenvalue weighted by Gasteiger charge is -2.05. The molecular formula is C17H12N4OS. The van der Waals surface area contributed by atoms with Crippen molar-refractivity contribution in [1.82, 2.24) is 20.2 Å². The highest BCUT2D eigenvalue weighted by molar-refractivity contribution is 7.80. The quantitative estimate of drug-likeness (QED) is 0.562. The zero-order valence-electron chi connectivity index (χ0n) is 12.0. The molecule has 3 aromatic rings. The third-order valence-corrected chi connectivity index (χ3v) is 3.86. The van der Waals surface area contributed by atoms with Gasteiger partial charge in [0.2, 0.25) is 0 Å². The molecule has 1 saturated heterocycles. The first-order chi connectivity index (χ1) is 11.2. The van der Waals surface area contributed by atoms with Crippen molar-refractivity contribution in [2.24, 2.45) is 0 Å². The van der Waals surface area contributed by atoms with E-state index in [-0.39, 0.29) is 5.91 Å². The summed E-state index contributed by atoms with van der Waals surface area (Å²) >= 11 is 4.91. The number of amides is 1. The predicted octanol–water partition coefficient (Wildman–Crippen LogP) is 2.37. The molecule has 2 heterocycles. The number of thiocarbonyl (C=S) groups is 1. The summed E-state index contributed by atoms with van der Waals surface area (Å²) in [4.78, 5) is 16.0. The molecule has 1 aliphatic heterocycles. The first-order valence-electron chi connectivity index (χ1n) is 7.07. The van der Waals surface area contributed by atoms with E-state index in [1.165, 1.54) is 0 Å². The highest BCUT2D eigenvalue weighted by Crippen LogP contribution is 2.19. The number of nitrogens with one attached hydrogen (secondary N) is 2. The molecule has 0 unspecified atom stereocenters. The first kappa shape index (κ1) is 13.7. The van der Waals surface area contributed by atoms with Crippen LogP contribution < -0.4 is 10.6 Å². The molecule has 2 aromatic carbocycles. The summed E-state index contributed by atoms with van der Waals surface area (Å²) in [5, 5.41) is 5.71. The van der Waals surface area contributed by atoms with Crippen LogP contribution >= 0.6 is 12.2 Å². The van der Waals surface area contributed by atoms with Crippen LogP contribution in [0.4, 0.5) is 0 Å². The molecule has 5 nitrogen and oxygen atoms in total. The molecule has 0 bridgehead atoms. The van der Waals surface area contributed by atoms with Crippen LogP contribution in [-0.4, -0.2) is 20.6 Å². The van der Waals surface area contributed by atoms with Crippen LogP contribution in [0.3, 0.4) is 0 Å². The number of carbonyl (C=O) groups is 1. The minimum Gasteiger partial charge on any atom is -0.328 e. The fourth-order valence-corrected chi connectivity index (χ4v) is 2.75. The monoisotopic (exact) mass is 320 g/mol. The molecule has 23 heavy (non-hydrogen) atoms. The van der Waals surface area contributed by atoms with Gasteiger partial charge in [-0.15, -0.1) is 0 Å². The summed E-state index contributed by atoms with van der Waals surface area (Å²) in [6.45, 7) is 0. The molecule has 1 fully saturated rings. The Morgan fingerprint density at radius 2 is 1.83 bits per heavy atom. The number of carbonyl (C=O) groups excluding carboxylic acids is 1. The van der Waals surface area contributed by atoms with Crippen LogP contribution in [0.15, 0.2) is 60.6 Å². The summed E-state index contributed by atoms with van der Waals surface area (Å²) in [5.74, 6) is -0.209. The van der Waals surface area contributed by atoms with E-state index in [1.54, 1.807) is 6.08 Å². The summed E-state index contributed by atoms with van der Waals surface area (Å²) in [6.07, 6.45) is 3.58. The molecule has 1 amide bonds. The van der Waals surface area contributed by atoms with Gasteiger partial charge < -0.3 is 5.32 Å². The average molecular weight is 320 g/mol. The maximum Gasteiger partial charge on any atom is 0.273 e. The fraction of sp³-hybridized carbons (Fsp3) is 0. The van der Waals surface area contributed by atoms with E-state index in [0.717, 1.165) is 22.3 Å². The Morgan fingerprint density at radius 1 is 1.04 bits per heavy atom. The molecule has 0 saturated carbocycles. The number of nitrogens with zero attached hydrogens (tertiary/aromatic N) is 2. The van der Waals surface area contributed by atoms with Crippen molar-refractivity contribution in [2.75, 3.05) is 0 Å². The molecule has 6 heteroatoms. The average Bonchev–Trinajstić information content (AvgIpc) is 3.12. The summed E-state index contributed by atoms with van der Waals surface area (Å²) in [6, 6.07) is 15.9. The van der Waals surface area contributed by atoms with E-state index >= 15 is 0 Å². The Kier molecular flexibility index (Phi) is 3.17. The second kappa shape index (κ2) is 5.33. The standard InChI is InChI=1S/C17H12N4OS/c22-16-14(19-17(23)20-16)9-11-5-7-12(8-6-11)21-10-18-13-3-1-2-4-15(13)21/h1-10H,(H2,19,20,22,23)/b14-9+. The van der Waals surface area contributed by atoms with Crippen LogP contribution in [-0.2, 0) is 4.79 Å². The zero-order valence-corrected chi connectivity index (χ0v) is 12.8. The second-order valence-electron chi connectivity index (χ2n) is 5.16. The van der Waals surface area contributed by atoms with Crippen molar-refractivity contribution in [3.05, 3.63) is 66.1 Å². The van der Waals surface area contributed by atoms with Crippen molar-refractivity contribution in [3.8, 4) is 5.69 Å². The van der Waals surface area contributed by atoms with Crippen LogP contribution in [0.1, 0.15) is 5.56 Å². The lowest BCUT2D eigenvalue weighted by Crippen LogP contribution is -2.21. The molecule has 1 aliphatic rings. The van der Waals surface area contributed by atoms with Gasteiger partial charge in [-0.1, -0.05) is 24.3 Å². The van der Waals surface area contributed by atoms with Gasteiger partial charge in [0.1, 0.15) is 12.0 Å². The van der Waals surface area contributed by atoms with E-state index in [9.17, 15) is 4.79 Å². The molecule has 112 valence electrons. The number of benzene rings is 2. The molecule has 1 aromatic heterocycles. The Balaban J connectivity index is 1.67. The van der Waals surface area contributed by atoms with E-state index in [1.807, 2.05) is 59.4 Å². The number of imidazole rings is 1. The highest BCUT2D eigenvalue weighted by atomic mass is 32.1. The van der Waals surface area contributed by atoms with E-state index in [0.29, 0.717) is 10.8 Å². The van der Waals surface area contributed by atoms with Gasteiger partial charge in [0.05, 0.1) is 11.0 Å². The number of hydrogen-bond acceptors (Lipinski definition) is 3. The second-order valence-corrected chi connectivity index (χ2v) is 5.57. The Hall–Kier alpha value is -2.99.